The topological polar surface area (TPSA) is 55.0 Å². The summed E-state index contributed by atoms with van der Waals surface area (Å²) >= 11 is 1.18. The van der Waals surface area contributed by atoms with Gasteiger partial charge in [0.05, 0.1) is 13.0 Å². The largest absolute Gasteiger partial charge is 0.390 e. The molecule has 0 saturated carbocycles. The first-order valence-corrected chi connectivity index (χ1v) is 5.01. The van der Waals surface area contributed by atoms with Crippen LogP contribution in [-0.4, -0.2) is 34.9 Å². The third-order valence-corrected chi connectivity index (χ3v) is 2.40. The number of anilines is 1. The standard InChI is InChI=1S/C7H11F3N4S/c1-14(3-2-7(8,9)10)4-5-12-13-6(11)15-5/h2-4H2,1H3,(H2,11,13). The molecule has 0 aliphatic carbocycles. The van der Waals surface area contributed by atoms with E-state index in [1.165, 1.54) is 16.2 Å². The highest BCUT2D eigenvalue weighted by Crippen LogP contribution is 2.20. The first-order valence-electron chi connectivity index (χ1n) is 4.20. The maximum atomic E-state index is 11.9. The van der Waals surface area contributed by atoms with Crippen molar-refractivity contribution in [3.63, 3.8) is 0 Å². The molecule has 0 amide bonds. The third-order valence-electron chi connectivity index (χ3n) is 1.66. The fraction of sp³-hybridized carbons (Fsp3) is 0.714. The van der Waals surface area contributed by atoms with Crippen LogP contribution in [0.25, 0.3) is 0 Å². The highest BCUT2D eigenvalue weighted by molar-refractivity contribution is 7.15. The number of rotatable bonds is 4. The maximum absolute atomic E-state index is 11.9. The molecule has 8 heteroatoms. The predicted octanol–water partition coefficient (Wildman–Crippen LogP) is 1.50. The van der Waals surface area contributed by atoms with E-state index in [1.807, 2.05) is 0 Å². The van der Waals surface area contributed by atoms with Gasteiger partial charge in [0.15, 0.2) is 0 Å². The van der Waals surface area contributed by atoms with E-state index in [0.717, 1.165) is 0 Å². The Bertz CT molecular complexity index is 311. The Morgan fingerprint density at radius 3 is 2.53 bits per heavy atom. The summed E-state index contributed by atoms with van der Waals surface area (Å²) in [5.41, 5.74) is 5.34. The van der Waals surface area contributed by atoms with Gasteiger partial charge in [0, 0.05) is 6.54 Å². The van der Waals surface area contributed by atoms with Crippen molar-refractivity contribution in [2.45, 2.75) is 19.1 Å². The highest BCUT2D eigenvalue weighted by atomic mass is 32.1. The van der Waals surface area contributed by atoms with Crippen LogP contribution in [0.1, 0.15) is 11.4 Å². The van der Waals surface area contributed by atoms with E-state index >= 15 is 0 Å². The zero-order valence-electron chi connectivity index (χ0n) is 8.08. The number of alkyl halides is 3. The van der Waals surface area contributed by atoms with Crippen LogP contribution in [0.4, 0.5) is 18.3 Å². The first-order chi connectivity index (χ1) is 6.87. The van der Waals surface area contributed by atoms with Crippen LogP contribution in [-0.2, 0) is 6.54 Å². The number of hydrogen-bond donors (Lipinski definition) is 1. The Hall–Kier alpha value is -0.890. The number of halogens is 3. The number of aromatic nitrogens is 2. The molecule has 0 aliphatic heterocycles. The number of nitrogens with two attached hydrogens (primary N) is 1. The van der Waals surface area contributed by atoms with Crippen LogP contribution in [0.2, 0.25) is 0 Å². The van der Waals surface area contributed by atoms with Crippen LogP contribution < -0.4 is 5.73 Å². The number of nitrogen functional groups attached to an aromatic ring is 1. The van der Waals surface area contributed by atoms with E-state index in [9.17, 15) is 13.2 Å². The third kappa shape index (κ3) is 4.93. The lowest BCUT2D eigenvalue weighted by atomic mass is 10.4. The van der Waals surface area contributed by atoms with Gasteiger partial charge in [-0.15, -0.1) is 10.2 Å². The SMILES string of the molecule is CN(CCC(F)(F)F)Cc1nnc(N)s1. The van der Waals surface area contributed by atoms with E-state index in [2.05, 4.69) is 10.2 Å². The van der Waals surface area contributed by atoms with Gasteiger partial charge in [-0.1, -0.05) is 11.3 Å². The van der Waals surface area contributed by atoms with Crippen molar-refractivity contribution < 1.29 is 13.2 Å². The lowest BCUT2D eigenvalue weighted by molar-refractivity contribution is -0.137. The van der Waals surface area contributed by atoms with Gasteiger partial charge in [0.25, 0.3) is 0 Å². The Labute approximate surface area is 88.9 Å². The van der Waals surface area contributed by atoms with Gasteiger partial charge < -0.3 is 5.73 Å². The smallest absolute Gasteiger partial charge is 0.374 e. The maximum Gasteiger partial charge on any atom is 0.390 e. The average molecular weight is 240 g/mol. The Balaban J connectivity index is 2.33. The van der Waals surface area contributed by atoms with Crippen LogP contribution in [0.5, 0.6) is 0 Å². The summed E-state index contributed by atoms with van der Waals surface area (Å²) in [7, 11) is 1.60. The molecule has 0 aromatic carbocycles. The molecule has 2 N–H and O–H groups in total. The molecule has 0 atom stereocenters. The van der Waals surface area contributed by atoms with E-state index in [1.54, 1.807) is 7.05 Å². The molecule has 0 fully saturated rings. The lowest BCUT2D eigenvalue weighted by Gasteiger charge is -2.15. The van der Waals surface area contributed by atoms with Crippen LogP contribution in [0, 0.1) is 0 Å². The fourth-order valence-electron chi connectivity index (χ4n) is 0.958. The fourth-order valence-corrected chi connectivity index (χ4v) is 1.65. The molecular weight excluding hydrogens is 229 g/mol. The molecule has 4 nitrogen and oxygen atoms in total. The predicted molar refractivity (Wildman–Crippen MR) is 51.3 cm³/mol. The van der Waals surface area contributed by atoms with Crippen LogP contribution in [0.15, 0.2) is 0 Å². The Kier molecular flexibility index (Phi) is 3.86. The molecule has 1 heterocycles. The lowest BCUT2D eigenvalue weighted by Crippen LogP contribution is -2.24. The van der Waals surface area contributed by atoms with Crippen molar-refractivity contribution in [1.29, 1.82) is 0 Å². The second kappa shape index (κ2) is 4.75. The molecule has 1 rings (SSSR count). The van der Waals surface area contributed by atoms with Crippen molar-refractivity contribution >= 4 is 16.5 Å². The zero-order valence-corrected chi connectivity index (χ0v) is 8.90. The van der Waals surface area contributed by atoms with E-state index in [-0.39, 0.29) is 6.54 Å². The van der Waals surface area contributed by atoms with Crippen LogP contribution in [0.3, 0.4) is 0 Å². The van der Waals surface area contributed by atoms with E-state index in [0.29, 0.717) is 16.7 Å². The average Bonchev–Trinajstić information content (AvgIpc) is 2.47. The van der Waals surface area contributed by atoms with Gasteiger partial charge in [0.2, 0.25) is 5.13 Å². The summed E-state index contributed by atoms with van der Waals surface area (Å²) < 4.78 is 35.7. The summed E-state index contributed by atoms with van der Waals surface area (Å²) in [4.78, 5) is 1.54. The van der Waals surface area contributed by atoms with Gasteiger partial charge in [-0.25, -0.2) is 0 Å². The van der Waals surface area contributed by atoms with Crippen molar-refractivity contribution in [2.75, 3.05) is 19.3 Å². The summed E-state index contributed by atoms with van der Waals surface area (Å²) in [6.45, 7) is 0.286. The van der Waals surface area contributed by atoms with Gasteiger partial charge in [-0.2, -0.15) is 13.2 Å². The van der Waals surface area contributed by atoms with Crippen molar-refractivity contribution in [3.05, 3.63) is 5.01 Å². The van der Waals surface area contributed by atoms with Gasteiger partial charge in [-0.05, 0) is 7.05 Å². The Morgan fingerprint density at radius 1 is 1.40 bits per heavy atom. The summed E-state index contributed by atoms with van der Waals surface area (Å²) in [6.07, 6.45) is -4.94. The molecule has 86 valence electrons. The molecule has 15 heavy (non-hydrogen) atoms. The summed E-state index contributed by atoms with van der Waals surface area (Å²) in [5.74, 6) is 0. The van der Waals surface area contributed by atoms with E-state index < -0.39 is 12.6 Å². The molecule has 1 aromatic heterocycles. The molecular formula is C7H11F3N4S. The van der Waals surface area contributed by atoms with Crippen molar-refractivity contribution in [1.82, 2.24) is 15.1 Å². The van der Waals surface area contributed by atoms with Crippen molar-refractivity contribution in [3.8, 4) is 0 Å². The molecule has 1 aromatic rings. The van der Waals surface area contributed by atoms with Gasteiger partial charge in [-0.3, -0.25) is 4.90 Å². The molecule has 0 spiro atoms. The van der Waals surface area contributed by atoms with E-state index in [4.69, 9.17) is 5.73 Å². The molecule has 0 aliphatic rings. The summed E-state index contributed by atoms with van der Waals surface area (Å²) in [6, 6.07) is 0. The zero-order chi connectivity index (χ0) is 11.5. The first kappa shape index (κ1) is 12.2. The highest BCUT2D eigenvalue weighted by Gasteiger charge is 2.27. The molecule has 0 saturated heterocycles. The molecule has 0 radical (unpaired) electrons. The normalized spacial score (nSPS) is 12.3. The number of hydrogen-bond acceptors (Lipinski definition) is 5. The molecule has 0 bridgehead atoms. The second-order valence-electron chi connectivity index (χ2n) is 3.14. The minimum Gasteiger partial charge on any atom is -0.374 e. The number of nitrogens with zero attached hydrogens (tertiary/aromatic N) is 3. The second-order valence-corrected chi connectivity index (χ2v) is 4.23. The molecule has 0 unspecified atom stereocenters. The van der Waals surface area contributed by atoms with Crippen LogP contribution >= 0.6 is 11.3 Å². The summed E-state index contributed by atoms with van der Waals surface area (Å²) in [5, 5.41) is 8.25. The van der Waals surface area contributed by atoms with Gasteiger partial charge >= 0.3 is 6.18 Å². The Morgan fingerprint density at radius 2 is 2.07 bits per heavy atom. The van der Waals surface area contributed by atoms with Crippen molar-refractivity contribution in [2.24, 2.45) is 0 Å². The quantitative estimate of drug-likeness (QED) is 0.866. The minimum atomic E-state index is -4.12. The van der Waals surface area contributed by atoms with Gasteiger partial charge in [0.1, 0.15) is 5.01 Å². The minimum absolute atomic E-state index is 0.0526. The monoisotopic (exact) mass is 240 g/mol.